The summed E-state index contributed by atoms with van der Waals surface area (Å²) >= 11 is 0. The first-order chi connectivity index (χ1) is 9.34. The van der Waals surface area contributed by atoms with Crippen LogP contribution in [-0.2, 0) is 6.54 Å². The minimum absolute atomic E-state index is 0.106. The molecule has 2 heterocycles. The fraction of sp³-hybridized carbons (Fsp3) is 0.438. The first-order valence-electron chi connectivity index (χ1n) is 7.16. The van der Waals surface area contributed by atoms with E-state index in [1.807, 2.05) is 28.8 Å². The lowest BCUT2D eigenvalue weighted by atomic mass is 10.0. The Bertz CT molecular complexity index is 611. The number of pyridine rings is 1. The Morgan fingerprint density at radius 3 is 2.89 bits per heavy atom. The van der Waals surface area contributed by atoms with Crippen LogP contribution in [0.15, 0.2) is 41.2 Å². The van der Waals surface area contributed by atoms with Crippen LogP contribution in [0.1, 0.15) is 25.7 Å². The molecule has 1 atom stereocenters. The molecule has 100 valence electrons. The number of piperidine rings is 1. The van der Waals surface area contributed by atoms with Crippen molar-refractivity contribution < 1.29 is 0 Å². The van der Waals surface area contributed by atoms with Gasteiger partial charge in [0.05, 0.1) is 5.52 Å². The second-order valence-corrected chi connectivity index (χ2v) is 5.32. The average Bonchev–Trinajstić information content (AvgIpc) is 2.47. The average molecular weight is 256 g/mol. The van der Waals surface area contributed by atoms with E-state index in [1.165, 1.54) is 19.3 Å². The van der Waals surface area contributed by atoms with E-state index in [0.717, 1.165) is 30.4 Å². The van der Waals surface area contributed by atoms with E-state index in [9.17, 15) is 4.79 Å². The van der Waals surface area contributed by atoms with Crippen molar-refractivity contribution in [1.82, 2.24) is 9.88 Å². The van der Waals surface area contributed by atoms with Crippen LogP contribution in [0.2, 0.25) is 0 Å². The number of benzene rings is 1. The highest BCUT2D eigenvalue weighted by Gasteiger charge is 2.13. The molecule has 2 aromatic rings. The molecule has 1 unspecified atom stereocenters. The zero-order chi connectivity index (χ0) is 13.1. The van der Waals surface area contributed by atoms with Crippen molar-refractivity contribution in [3.05, 3.63) is 46.8 Å². The highest BCUT2D eigenvalue weighted by molar-refractivity contribution is 5.78. The predicted octanol–water partition coefficient (Wildman–Crippen LogP) is 2.53. The second-order valence-electron chi connectivity index (χ2n) is 5.32. The fourth-order valence-electron chi connectivity index (χ4n) is 2.93. The van der Waals surface area contributed by atoms with Crippen molar-refractivity contribution in [2.24, 2.45) is 0 Å². The van der Waals surface area contributed by atoms with Crippen molar-refractivity contribution in [3.63, 3.8) is 0 Å². The van der Waals surface area contributed by atoms with Crippen LogP contribution >= 0.6 is 0 Å². The molecule has 1 aliphatic heterocycles. The molecule has 0 aliphatic carbocycles. The normalized spacial score (nSPS) is 19.7. The zero-order valence-corrected chi connectivity index (χ0v) is 11.1. The number of hydrogen-bond acceptors (Lipinski definition) is 2. The molecule has 0 bridgehead atoms. The molecule has 0 spiro atoms. The van der Waals surface area contributed by atoms with Gasteiger partial charge in [-0.05, 0) is 43.3 Å². The highest BCUT2D eigenvalue weighted by Crippen LogP contribution is 2.14. The smallest absolute Gasteiger partial charge is 0.251 e. The van der Waals surface area contributed by atoms with Gasteiger partial charge in [0.1, 0.15) is 0 Å². The maximum Gasteiger partial charge on any atom is 0.251 e. The summed E-state index contributed by atoms with van der Waals surface area (Å²) in [5, 5.41) is 4.68. The van der Waals surface area contributed by atoms with E-state index in [0.29, 0.717) is 6.04 Å². The quantitative estimate of drug-likeness (QED) is 0.915. The van der Waals surface area contributed by atoms with Crippen LogP contribution in [-0.4, -0.2) is 17.2 Å². The molecule has 1 N–H and O–H groups in total. The van der Waals surface area contributed by atoms with E-state index in [1.54, 1.807) is 6.07 Å². The Morgan fingerprint density at radius 1 is 1.16 bits per heavy atom. The van der Waals surface area contributed by atoms with E-state index in [2.05, 4.69) is 11.4 Å². The van der Waals surface area contributed by atoms with Crippen LogP contribution in [0.4, 0.5) is 0 Å². The minimum atomic E-state index is 0.106. The third-order valence-corrected chi connectivity index (χ3v) is 4.01. The third kappa shape index (κ3) is 2.71. The number of aromatic nitrogens is 1. The SMILES string of the molecule is O=c1ccc2ccccc2n1CCC1CCCCN1. The molecule has 3 nitrogen and oxygen atoms in total. The Hall–Kier alpha value is -1.61. The maximum absolute atomic E-state index is 12.0. The van der Waals surface area contributed by atoms with Crippen molar-refractivity contribution in [2.45, 2.75) is 38.3 Å². The zero-order valence-electron chi connectivity index (χ0n) is 11.1. The van der Waals surface area contributed by atoms with E-state index in [-0.39, 0.29) is 5.56 Å². The topological polar surface area (TPSA) is 34.0 Å². The molecule has 3 rings (SSSR count). The summed E-state index contributed by atoms with van der Waals surface area (Å²) in [5.74, 6) is 0. The molecule has 1 aromatic heterocycles. The van der Waals surface area contributed by atoms with Gasteiger partial charge in [0, 0.05) is 18.7 Å². The standard InChI is InChI=1S/C16H20N2O/c19-16-9-8-13-5-1-2-7-15(13)18(16)12-10-14-6-3-4-11-17-14/h1-2,5,7-9,14,17H,3-4,6,10-12H2. The molecule has 1 aliphatic rings. The van der Waals surface area contributed by atoms with Crippen LogP contribution in [0.3, 0.4) is 0 Å². The lowest BCUT2D eigenvalue weighted by Gasteiger charge is -2.23. The van der Waals surface area contributed by atoms with Crippen molar-refractivity contribution in [2.75, 3.05) is 6.54 Å². The molecule has 3 heteroatoms. The summed E-state index contributed by atoms with van der Waals surface area (Å²) in [7, 11) is 0. The Morgan fingerprint density at radius 2 is 2.05 bits per heavy atom. The lowest BCUT2D eigenvalue weighted by molar-refractivity contribution is 0.367. The van der Waals surface area contributed by atoms with Gasteiger partial charge in [-0.2, -0.15) is 0 Å². The Labute approximate surface area is 113 Å². The van der Waals surface area contributed by atoms with Gasteiger partial charge < -0.3 is 9.88 Å². The highest BCUT2D eigenvalue weighted by atomic mass is 16.1. The summed E-state index contributed by atoms with van der Waals surface area (Å²) in [4.78, 5) is 12.0. The van der Waals surface area contributed by atoms with Crippen LogP contribution < -0.4 is 10.9 Å². The van der Waals surface area contributed by atoms with Crippen molar-refractivity contribution in [1.29, 1.82) is 0 Å². The van der Waals surface area contributed by atoms with E-state index < -0.39 is 0 Å². The van der Waals surface area contributed by atoms with Crippen LogP contribution in [0.5, 0.6) is 0 Å². The molecular formula is C16H20N2O. The monoisotopic (exact) mass is 256 g/mol. The van der Waals surface area contributed by atoms with Crippen LogP contribution in [0, 0.1) is 0 Å². The van der Waals surface area contributed by atoms with Gasteiger partial charge in [0.2, 0.25) is 0 Å². The summed E-state index contributed by atoms with van der Waals surface area (Å²) in [6, 6.07) is 12.3. The summed E-state index contributed by atoms with van der Waals surface area (Å²) < 4.78 is 1.91. The molecule has 0 saturated carbocycles. The molecule has 1 fully saturated rings. The first-order valence-corrected chi connectivity index (χ1v) is 7.16. The molecule has 0 radical (unpaired) electrons. The summed E-state index contributed by atoms with van der Waals surface area (Å²) in [6.07, 6.45) is 4.86. The number of para-hydroxylation sites is 1. The Kier molecular flexibility index (Phi) is 3.65. The van der Waals surface area contributed by atoms with Crippen molar-refractivity contribution in [3.8, 4) is 0 Å². The molecule has 1 saturated heterocycles. The molecule has 0 amide bonds. The maximum atomic E-state index is 12.0. The number of nitrogens with one attached hydrogen (secondary N) is 1. The Balaban J connectivity index is 1.83. The number of rotatable bonds is 3. The molecule has 1 aromatic carbocycles. The predicted molar refractivity (Wildman–Crippen MR) is 78.5 cm³/mol. The number of fused-ring (bicyclic) bond motifs is 1. The minimum Gasteiger partial charge on any atom is -0.314 e. The van der Waals surface area contributed by atoms with Gasteiger partial charge in [-0.25, -0.2) is 0 Å². The number of hydrogen-bond donors (Lipinski definition) is 1. The van der Waals surface area contributed by atoms with E-state index >= 15 is 0 Å². The van der Waals surface area contributed by atoms with Gasteiger partial charge in [-0.15, -0.1) is 0 Å². The second kappa shape index (κ2) is 5.57. The van der Waals surface area contributed by atoms with Gasteiger partial charge in [-0.3, -0.25) is 4.79 Å². The third-order valence-electron chi connectivity index (χ3n) is 4.01. The van der Waals surface area contributed by atoms with Gasteiger partial charge in [0.25, 0.3) is 5.56 Å². The number of nitrogens with zero attached hydrogens (tertiary/aromatic N) is 1. The van der Waals surface area contributed by atoms with Gasteiger partial charge in [-0.1, -0.05) is 24.6 Å². The fourth-order valence-corrected chi connectivity index (χ4v) is 2.93. The molecular weight excluding hydrogens is 236 g/mol. The van der Waals surface area contributed by atoms with Gasteiger partial charge >= 0.3 is 0 Å². The van der Waals surface area contributed by atoms with E-state index in [4.69, 9.17) is 0 Å². The van der Waals surface area contributed by atoms with Crippen LogP contribution in [0.25, 0.3) is 10.9 Å². The van der Waals surface area contributed by atoms with Gasteiger partial charge in [0.15, 0.2) is 0 Å². The lowest BCUT2D eigenvalue weighted by Crippen LogP contribution is -2.35. The van der Waals surface area contributed by atoms with Crippen molar-refractivity contribution >= 4 is 10.9 Å². The largest absolute Gasteiger partial charge is 0.314 e. The first kappa shape index (κ1) is 12.4. The number of aryl methyl sites for hydroxylation is 1. The molecule has 19 heavy (non-hydrogen) atoms. The summed E-state index contributed by atoms with van der Waals surface area (Å²) in [5.41, 5.74) is 1.15. The summed E-state index contributed by atoms with van der Waals surface area (Å²) in [6.45, 7) is 1.92.